The van der Waals surface area contributed by atoms with Gasteiger partial charge in [-0.2, -0.15) is 0 Å². The molecule has 1 aromatic rings. The second-order valence-corrected chi connectivity index (χ2v) is 5.19. The molecule has 3 heterocycles. The van der Waals surface area contributed by atoms with Gasteiger partial charge in [-0.15, -0.1) is 0 Å². The quantitative estimate of drug-likeness (QED) is 0.827. The lowest BCUT2D eigenvalue weighted by Crippen LogP contribution is -2.58. The van der Waals surface area contributed by atoms with E-state index in [1.165, 1.54) is 0 Å². The van der Waals surface area contributed by atoms with Gasteiger partial charge in [0.15, 0.2) is 5.82 Å². The van der Waals surface area contributed by atoms with Gasteiger partial charge in [0.25, 0.3) is 0 Å². The summed E-state index contributed by atoms with van der Waals surface area (Å²) in [6.45, 7) is 3.65. The number of hydrogen-bond acceptors (Lipinski definition) is 5. The van der Waals surface area contributed by atoms with Crippen LogP contribution in [-0.4, -0.2) is 59.5 Å². The standard InChI is InChI=1S/C13H18FN5O/c14-10-7-16-13(17-8-10)19-6-3-15-11(9-19)12(20)18-4-1-2-5-18/h7-8,11,15H,1-6,9H2/t11-/m1/s1. The third-order valence-electron chi connectivity index (χ3n) is 3.78. The van der Waals surface area contributed by atoms with Crippen molar-refractivity contribution in [3.05, 3.63) is 18.2 Å². The summed E-state index contributed by atoms with van der Waals surface area (Å²) in [5, 5.41) is 3.24. The van der Waals surface area contributed by atoms with E-state index in [4.69, 9.17) is 0 Å². The van der Waals surface area contributed by atoms with Crippen LogP contribution in [0, 0.1) is 5.82 Å². The number of carbonyl (C=O) groups excluding carboxylic acids is 1. The number of likely N-dealkylation sites (tertiary alicyclic amines) is 1. The lowest BCUT2D eigenvalue weighted by Gasteiger charge is -2.34. The van der Waals surface area contributed by atoms with Crippen molar-refractivity contribution in [3.8, 4) is 0 Å². The Hall–Kier alpha value is -1.76. The molecule has 2 fully saturated rings. The molecule has 0 aromatic carbocycles. The Morgan fingerprint density at radius 1 is 1.25 bits per heavy atom. The maximum Gasteiger partial charge on any atom is 0.241 e. The first kappa shape index (κ1) is 13.2. The van der Waals surface area contributed by atoms with Gasteiger partial charge < -0.3 is 15.1 Å². The molecule has 1 amide bonds. The van der Waals surface area contributed by atoms with Gasteiger partial charge in [0.05, 0.1) is 12.4 Å². The highest BCUT2D eigenvalue weighted by Gasteiger charge is 2.31. The van der Waals surface area contributed by atoms with E-state index < -0.39 is 5.82 Å². The summed E-state index contributed by atoms with van der Waals surface area (Å²) in [5.41, 5.74) is 0. The Kier molecular flexibility index (Phi) is 3.77. The Morgan fingerprint density at radius 2 is 1.95 bits per heavy atom. The smallest absolute Gasteiger partial charge is 0.241 e. The largest absolute Gasteiger partial charge is 0.341 e. The van der Waals surface area contributed by atoms with E-state index in [0.717, 1.165) is 44.9 Å². The minimum absolute atomic E-state index is 0.148. The minimum atomic E-state index is -0.450. The van der Waals surface area contributed by atoms with Crippen LogP contribution in [0.4, 0.5) is 10.3 Å². The monoisotopic (exact) mass is 279 g/mol. The van der Waals surface area contributed by atoms with Crippen molar-refractivity contribution in [3.63, 3.8) is 0 Å². The van der Waals surface area contributed by atoms with Crippen LogP contribution in [0.3, 0.4) is 0 Å². The van der Waals surface area contributed by atoms with Crippen LogP contribution >= 0.6 is 0 Å². The highest BCUT2D eigenvalue weighted by Crippen LogP contribution is 2.14. The SMILES string of the molecule is O=C([C@H]1CN(c2ncc(F)cn2)CCN1)N1CCCC1. The highest BCUT2D eigenvalue weighted by molar-refractivity contribution is 5.83. The van der Waals surface area contributed by atoms with Crippen LogP contribution < -0.4 is 10.2 Å². The van der Waals surface area contributed by atoms with Crippen LogP contribution in [0.15, 0.2) is 12.4 Å². The molecule has 0 bridgehead atoms. The van der Waals surface area contributed by atoms with E-state index in [1.54, 1.807) is 0 Å². The molecule has 1 N–H and O–H groups in total. The average Bonchev–Trinajstić information content (AvgIpc) is 3.01. The van der Waals surface area contributed by atoms with Crippen molar-refractivity contribution >= 4 is 11.9 Å². The first-order valence-electron chi connectivity index (χ1n) is 6.99. The van der Waals surface area contributed by atoms with Crippen LogP contribution in [0.2, 0.25) is 0 Å². The molecule has 0 radical (unpaired) electrons. The number of nitrogens with one attached hydrogen (secondary N) is 1. The van der Waals surface area contributed by atoms with Gasteiger partial charge >= 0.3 is 0 Å². The van der Waals surface area contributed by atoms with E-state index in [-0.39, 0.29) is 11.9 Å². The number of rotatable bonds is 2. The van der Waals surface area contributed by atoms with Gasteiger partial charge in [0, 0.05) is 32.7 Å². The summed E-state index contributed by atoms with van der Waals surface area (Å²) in [4.78, 5) is 24.2. The second kappa shape index (κ2) is 5.70. The van der Waals surface area contributed by atoms with Crippen molar-refractivity contribution in [1.82, 2.24) is 20.2 Å². The Balaban J connectivity index is 1.66. The van der Waals surface area contributed by atoms with Gasteiger partial charge in [0.2, 0.25) is 11.9 Å². The van der Waals surface area contributed by atoms with E-state index in [9.17, 15) is 9.18 Å². The molecule has 2 aliphatic rings. The lowest BCUT2D eigenvalue weighted by molar-refractivity contribution is -0.132. The number of nitrogens with zero attached hydrogens (tertiary/aromatic N) is 4. The molecular weight excluding hydrogens is 261 g/mol. The van der Waals surface area contributed by atoms with Gasteiger partial charge in [-0.05, 0) is 12.8 Å². The normalized spacial score (nSPS) is 23.1. The maximum atomic E-state index is 12.8. The molecule has 0 saturated carbocycles. The molecule has 6 nitrogen and oxygen atoms in total. The van der Waals surface area contributed by atoms with Gasteiger partial charge in [-0.25, -0.2) is 14.4 Å². The summed E-state index contributed by atoms with van der Waals surface area (Å²) in [5.74, 6) is 0.176. The molecule has 0 unspecified atom stereocenters. The fourth-order valence-electron chi connectivity index (χ4n) is 2.72. The molecule has 2 saturated heterocycles. The number of amides is 1. The molecule has 0 spiro atoms. The van der Waals surface area contributed by atoms with Crippen LogP contribution in [0.25, 0.3) is 0 Å². The van der Waals surface area contributed by atoms with Gasteiger partial charge in [-0.3, -0.25) is 4.79 Å². The summed E-state index contributed by atoms with van der Waals surface area (Å²) in [7, 11) is 0. The summed E-state index contributed by atoms with van der Waals surface area (Å²) in [6.07, 6.45) is 4.48. The average molecular weight is 279 g/mol. The molecule has 1 aromatic heterocycles. The van der Waals surface area contributed by atoms with Crippen molar-refractivity contribution in [2.45, 2.75) is 18.9 Å². The zero-order valence-corrected chi connectivity index (χ0v) is 11.3. The van der Waals surface area contributed by atoms with Crippen molar-refractivity contribution in [1.29, 1.82) is 0 Å². The van der Waals surface area contributed by atoms with Crippen LogP contribution in [0.1, 0.15) is 12.8 Å². The Bertz CT molecular complexity index is 474. The predicted octanol–water partition coefficient (Wildman–Crippen LogP) is 0.0163. The predicted molar refractivity (Wildman–Crippen MR) is 71.8 cm³/mol. The number of carbonyl (C=O) groups is 1. The minimum Gasteiger partial charge on any atom is -0.341 e. The zero-order chi connectivity index (χ0) is 13.9. The molecule has 1 atom stereocenters. The molecule has 7 heteroatoms. The molecule has 108 valence electrons. The third-order valence-corrected chi connectivity index (χ3v) is 3.78. The first-order chi connectivity index (χ1) is 9.74. The number of hydrogen-bond donors (Lipinski definition) is 1. The number of anilines is 1. The van der Waals surface area contributed by atoms with Crippen molar-refractivity contribution in [2.24, 2.45) is 0 Å². The van der Waals surface area contributed by atoms with Crippen LogP contribution in [0.5, 0.6) is 0 Å². The topological polar surface area (TPSA) is 61.4 Å². The summed E-state index contributed by atoms with van der Waals surface area (Å²) >= 11 is 0. The lowest BCUT2D eigenvalue weighted by atomic mass is 10.2. The molecule has 2 aliphatic heterocycles. The van der Waals surface area contributed by atoms with Gasteiger partial charge in [0.1, 0.15) is 6.04 Å². The number of piperazine rings is 1. The van der Waals surface area contributed by atoms with E-state index >= 15 is 0 Å². The Morgan fingerprint density at radius 3 is 2.65 bits per heavy atom. The van der Waals surface area contributed by atoms with E-state index in [1.807, 2.05) is 9.80 Å². The molecule has 20 heavy (non-hydrogen) atoms. The van der Waals surface area contributed by atoms with E-state index in [0.29, 0.717) is 19.0 Å². The van der Waals surface area contributed by atoms with Gasteiger partial charge in [-0.1, -0.05) is 0 Å². The van der Waals surface area contributed by atoms with Crippen molar-refractivity contribution in [2.75, 3.05) is 37.6 Å². The molecular formula is C13H18FN5O. The van der Waals surface area contributed by atoms with Crippen LogP contribution in [-0.2, 0) is 4.79 Å². The van der Waals surface area contributed by atoms with Crippen molar-refractivity contribution < 1.29 is 9.18 Å². The second-order valence-electron chi connectivity index (χ2n) is 5.19. The fourth-order valence-corrected chi connectivity index (χ4v) is 2.72. The zero-order valence-electron chi connectivity index (χ0n) is 11.3. The summed E-state index contributed by atoms with van der Waals surface area (Å²) in [6, 6.07) is -0.226. The first-order valence-corrected chi connectivity index (χ1v) is 6.99. The number of aromatic nitrogens is 2. The fraction of sp³-hybridized carbons (Fsp3) is 0.615. The Labute approximate surface area is 117 Å². The number of halogens is 1. The molecule has 3 rings (SSSR count). The third kappa shape index (κ3) is 2.72. The maximum absolute atomic E-state index is 12.8. The molecule has 0 aliphatic carbocycles. The summed E-state index contributed by atoms with van der Waals surface area (Å²) < 4.78 is 12.8. The highest BCUT2D eigenvalue weighted by atomic mass is 19.1. The van der Waals surface area contributed by atoms with E-state index in [2.05, 4.69) is 15.3 Å².